The maximum absolute atomic E-state index is 13.0. The van der Waals surface area contributed by atoms with Crippen molar-refractivity contribution in [3.8, 4) is 11.6 Å². The second-order valence-corrected chi connectivity index (χ2v) is 6.71. The van der Waals surface area contributed by atoms with E-state index in [-0.39, 0.29) is 18.3 Å². The number of amides is 1. The van der Waals surface area contributed by atoms with Crippen LogP contribution in [0.4, 0.5) is 5.69 Å². The first-order valence-corrected chi connectivity index (χ1v) is 9.58. The van der Waals surface area contributed by atoms with Gasteiger partial charge in [-0.05, 0) is 30.3 Å². The van der Waals surface area contributed by atoms with Crippen LogP contribution in [0, 0.1) is 0 Å². The minimum absolute atomic E-state index is 0.202. The number of nitrogens with one attached hydrogen (secondary N) is 1. The first-order valence-electron chi connectivity index (χ1n) is 9.58. The van der Waals surface area contributed by atoms with Crippen LogP contribution in [0.15, 0.2) is 90.0 Å². The number of rotatable bonds is 6. The van der Waals surface area contributed by atoms with E-state index in [4.69, 9.17) is 9.15 Å². The summed E-state index contributed by atoms with van der Waals surface area (Å²) in [5.74, 6) is 1.14. The van der Waals surface area contributed by atoms with Crippen LogP contribution in [0.2, 0.25) is 0 Å². The van der Waals surface area contributed by atoms with Crippen molar-refractivity contribution < 1.29 is 13.9 Å². The van der Waals surface area contributed by atoms with E-state index in [1.54, 1.807) is 24.7 Å². The Labute approximate surface area is 177 Å². The highest BCUT2D eigenvalue weighted by molar-refractivity contribution is 6.06. The molecule has 0 radical (unpaired) electrons. The summed E-state index contributed by atoms with van der Waals surface area (Å²) in [5.41, 5.74) is 1.84. The molecule has 0 spiro atoms. The second kappa shape index (κ2) is 8.11. The predicted octanol–water partition coefficient (Wildman–Crippen LogP) is 4.24. The second-order valence-electron chi connectivity index (χ2n) is 6.71. The average molecular weight is 411 g/mol. The van der Waals surface area contributed by atoms with Crippen molar-refractivity contribution in [1.82, 2.24) is 19.7 Å². The van der Waals surface area contributed by atoms with E-state index in [1.165, 1.54) is 11.0 Å². The van der Waals surface area contributed by atoms with Crippen molar-refractivity contribution in [1.29, 1.82) is 0 Å². The summed E-state index contributed by atoms with van der Waals surface area (Å²) in [6, 6.07) is 20.4. The fourth-order valence-electron chi connectivity index (χ4n) is 3.21. The smallest absolute Gasteiger partial charge is 0.291 e. The largest absolute Gasteiger partial charge is 0.489 e. The maximum atomic E-state index is 13.0. The first-order chi connectivity index (χ1) is 15.3. The molecular formula is C23H17N5O3. The lowest BCUT2D eigenvalue weighted by atomic mass is 10.1. The zero-order valence-corrected chi connectivity index (χ0v) is 16.3. The predicted molar refractivity (Wildman–Crippen MR) is 114 cm³/mol. The number of ether oxygens (including phenoxy) is 1. The van der Waals surface area contributed by atoms with Gasteiger partial charge in [0.25, 0.3) is 5.91 Å². The molecule has 3 aromatic heterocycles. The summed E-state index contributed by atoms with van der Waals surface area (Å²) in [6.07, 6.45) is 4.53. The highest BCUT2D eigenvalue weighted by Crippen LogP contribution is 2.28. The molecule has 0 saturated heterocycles. The fourth-order valence-corrected chi connectivity index (χ4v) is 3.21. The van der Waals surface area contributed by atoms with E-state index in [0.29, 0.717) is 28.4 Å². The number of nitrogens with zero attached hydrogens (tertiary/aromatic N) is 4. The Bertz CT molecular complexity index is 1310. The summed E-state index contributed by atoms with van der Waals surface area (Å²) in [6.45, 7) is 0.202. The Morgan fingerprint density at radius 3 is 2.65 bits per heavy atom. The Kier molecular flexibility index (Phi) is 4.86. The normalized spacial score (nSPS) is 10.8. The molecule has 31 heavy (non-hydrogen) atoms. The molecule has 0 saturated carbocycles. The molecule has 1 amide bonds. The number of hydrogen-bond donors (Lipinski definition) is 1. The van der Waals surface area contributed by atoms with Gasteiger partial charge in [0.15, 0.2) is 11.6 Å². The molecule has 0 fully saturated rings. The summed E-state index contributed by atoms with van der Waals surface area (Å²) in [5, 5.41) is 7.70. The number of carbonyl (C=O) groups is 1. The molecule has 1 N–H and O–H groups in total. The van der Waals surface area contributed by atoms with Crippen molar-refractivity contribution in [2.24, 2.45) is 0 Å². The monoisotopic (exact) mass is 411 g/mol. The third kappa shape index (κ3) is 3.86. The molecule has 8 heteroatoms. The molecule has 5 rings (SSSR count). The molecule has 0 atom stereocenters. The highest BCUT2D eigenvalue weighted by atomic mass is 16.5. The Balaban J connectivity index is 1.40. The SMILES string of the molecule is O=C(Nc1ccc(-n2cncn2)nc1)c1oc2ccccc2c1COc1ccccc1. The third-order valence-corrected chi connectivity index (χ3v) is 4.69. The van der Waals surface area contributed by atoms with Gasteiger partial charge in [-0.1, -0.05) is 36.4 Å². The van der Waals surface area contributed by atoms with Gasteiger partial charge >= 0.3 is 0 Å². The van der Waals surface area contributed by atoms with Gasteiger partial charge in [-0.15, -0.1) is 0 Å². The lowest BCUT2D eigenvalue weighted by molar-refractivity contribution is 0.0995. The molecule has 0 aliphatic rings. The van der Waals surface area contributed by atoms with Gasteiger partial charge in [-0.2, -0.15) is 5.10 Å². The van der Waals surface area contributed by atoms with Crippen molar-refractivity contribution >= 4 is 22.6 Å². The number of benzene rings is 2. The minimum atomic E-state index is -0.377. The average Bonchev–Trinajstić information content (AvgIpc) is 3.47. The van der Waals surface area contributed by atoms with Crippen LogP contribution in [0.3, 0.4) is 0 Å². The molecule has 3 heterocycles. The van der Waals surface area contributed by atoms with Gasteiger partial charge < -0.3 is 14.5 Å². The van der Waals surface area contributed by atoms with Gasteiger partial charge in [0, 0.05) is 10.9 Å². The van der Waals surface area contributed by atoms with E-state index in [1.807, 2.05) is 54.6 Å². The molecule has 0 aliphatic heterocycles. The number of hydrogen-bond acceptors (Lipinski definition) is 6. The molecule has 0 aliphatic carbocycles. The zero-order chi connectivity index (χ0) is 21.0. The molecule has 2 aromatic carbocycles. The molecule has 152 valence electrons. The molecule has 8 nitrogen and oxygen atoms in total. The van der Waals surface area contributed by atoms with Crippen LogP contribution in [0.1, 0.15) is 16.1 Å². The summed E-state index contributed by atoms with van der Waals surface area (Å²) < 4.78 is 13.3. The Morgan fingerprint density at radius 2 is 1.87 bits per heavy atom. The van der Waals surface area contributed by atoms with E-state index in [0.717, 1.165) is 5.39 Å². The van der Waals surface area contributed by atoms with E-state index < -0.39 is 0 Å². The first kappa shape index (κ1) is 18.6. The van der Waals surface area contributed by atoms with Crippen LogP contribution in [-0.2, 0) is 6.61 Å². The minimum Gasteiger partial charge on any atom is -0.489 e. The lowest BCUT2D eigenvalue weighted by Gasteiger charge is -2.08. The summed E-state index contributed by atoms with van der Waals surface area (Å²) in [4.78, 5) is 21.2. The van der Waals surface area contributed by atoms with Gasteiger partial charge in [0.2, 0.25) is 0 Å². The van der Waals surface area contributed by atoms with Crippen molar-refractivity contribution in [3.05, 3.63) is 96.9 Å². The van der Waals surface area contributed by atoms with Crippen LogP contribution < -0.4 is 10.1 Å². The zero-order valence-electron chi connectivity index (χ0n) is 16.3. The standard InChI is InChI=1S/C23H17N5O3/c29-23(27-16-10-11-21(25-12-16)28-15-24-14-26-28)22-19(13-30-17-6-2-1-3-7-17)18-8-4-5-9-20(18)31-22/h1-12,14-15H,13H2,(H,27,29). The summed E-state index contributed by atoms with van der Waals surface area (Å²) in [7, 11) is 0. The fraction of sp³-hybridized carbons (Fsp3) is 0.0435. The third-order valence-electron chi connectivity index (χ3n) is 4.69. The highest BCUT2D eigenvalue weighted by Gasteiger charge is 2.21. The number of anilines is 1. The van der Waals surface area contributed by atoms with Crippen molar-refractivity contribution in [3.63, 3.8) is 0 Å². The Hall–Kier alpha value is -4.46. The molecule has 5 aromatic rings. The molecular weight excluding hydrogens is 394 g/mol. The van der Waals surface area contributed by atoms with E-state index >= 15 is 0 Å². The van der Waals surface area contributed by atoms with E-state index in [2.05, 4.69) is 20.4 Å². The van der Waals surface area contributed by atoms with Crippen molar-refractivity contribution in [2.75, 3.05) is 5.32 Å². The number of aromatic nitrogens is 4. The van der Waals surface area contributed by atoms with Crippen molar-refractivity contribution in [2.45, 2.75) is 6.61 Å². The van der Waals surface area contributed by atoms with E-state index in [9.17, 15) is 4.79 Å². The quantitative estimate of drug-likeness (QED) is 0.449. The van der Waals surface area contributed by atoms with Gasteiger partial charge in [-0.25, -0.2) is 14.6 Å². The van der Waals surface area contributed by atoms with Gasteiger partial charge in [0.05, 0.1) is 11.9 Å². The summed E-state index contributed by atoms with van der Waals surface area (Å²) >= 11 is 0. The van der Waals surface area contributed by atoms with Crippen LogP contribution in [0.5, 0.6) is 5.75 Å². The van der Waals surface area contributed by atoms with Crippen LogP contribution in [0.25, 0.3) is 16.8 Å². The number of pyridine rings is 1. The van der Waals surface area contributed by atoms with Gasteiger partial charge in [-0.3, -0.25) is 4.79 Å². The Morgan fingerprint density at radius 1 is 1.03 bits per heavy atom. The number of para-hydroxylation sites is 2. The maximum Gasteiger partial charge on any atom is 0.291 e. The van der Waals surface area contributed by atoms with Crippen LogP contribution in [-0.4, -0.2) is 25.7 Å². The van der Waals surface area contributed by atoms with Gasteiger partial charge in [0.1, 0.15) is 30.6 Å². The number of furan rings is 1. The number of fused-ring (bicyclic) bond motifs is 1. The molecule has 0 unspecified atom stereocenters. The topological polar surface area (TPSA) is 95.1 Å². The van der Waals surface area contributed by atoms with Crippen LogP contribution >= 0.6 is 0 Å². The lowest BCUT2D eigenvalue weighted by Crippen LogP contribution is -2.14. The number of carbonyl (C=O) groups excluding carboxylic acids is 1. The molecule has 0 bridgehead atoms.